The van der Waals surface area contributed by atoms with Gasteiger partial charge < -0.3 is 9.80 Å². The zero-order chi connectivity index (χ0) is 18.5. The first kappa shape index (κ1) is 16.7. The molecule has 6 nitrogen and oxygen atoms in total. The summed E-state index contributed by atoms with van der Waals surface area (Å²) in [6.45, 7) is 7.35. The molecule has 5 heterocycles. The first-order chi connectivity index (χ1) is 13.1. The van der Waals surface area contributed by atoms with Crippen LogP contribution in [0.25, 0.3) is 0 Å². The number of amides is 1. The fourth-order valence-corrected chi connectivity index (χ4v) is 4.80. The molecule has 140 valence electrons. The number of hydrogen-bond donors (Lipinski definition) is 0. The highest BCUT2D eigenvalue weighted by molar-refractivity contribution is 5.96. The number of piperidine rings is 1. The largest absolute Gasteiger partial charge is 0.353 e. The Morgan fingerprint density at radius 2 is 1.93 bits per heavy atom. The van der Waals surface area contributed by atoms with Gasteiger partial charge >= 0.3 is 0 Å². The molecule has 1 aromatic heterocycles. The minimum Gasteiger partial charge on any atom is -0.353 e. The fourth-order valence-electron chi connectivity index (χ4n) is 4.80. The maximum absolute atomic E-state index is 12.9. The summed E-state index contributed by atoms with van der Waals surface area (Å²) in [5.41, 5.74) is 4.59. The average molecular weight is 363 g/mol. The third-order valence-electron chi connectivity index (χ3n) is 6.46. The minimum atomic E-state index is 0.233. The van der Waals surface area contributed by atoms with Crippen LogP contribution in [0.5, 0.6) is 0 Å². The van der Waals surface area contributed by atoms with Crippen LogP contribution in [0.2, 0.25) is 0 Å². The van der Waals surface area contributed by atoms with Crippen molar-refractivity contribution in [3.8, 4) is 0 Å². The van der Waals surface area contributed by atoms with E-state index in [1.165, 1.54) is 12.0 Å². The molecule has 2 aromatic rings. The number of para-hydroxylation sites is 1. The highest BCUT2D eigenvalue weighted by Gasteiger charge is 2.46. The Balaban J connectivity index is 1.26. The van der Waals surface area contributed by atoms with E-state index in [2.05, 4.69) is 44.9 Å². The topological polar surface area (TPSA) is 52.6 Å². The number of aromatic nitrogens is 2. The molecule has 2 bridgehead atoms. The Hall–Kier alpha value is -2.47. The van der Waals surface area contributed by atoms with Crippen molar-refractivity contribution in [3.05, 3.63) is 47.4 Å². The molecule has 3 fully saturated rings. The van der Waals surface area contributed by atoms with Crippen molar-refractivity contribution in [3.63, 3.8) is 0 Å². The molecule has 2 atom stereocenters. The number of anilines is 2. The molecule has 0 radical (unpaired) electrons. The summed E-state index contributed by atoms with van der Waals surface area (Å²) < 4.78 is 0. The van der Waals surface area contributed by atoms with E-state index in [1.807, 2.05) is 17.9 Å². The lowest BCUT2D eigenvalue weighted by molar-refractivity contribution is -0.124. The van der Waals surface area contributed by atoms with Crippen LogP contribution in [-0.2, 0) is 11.2 Å². The predicted octanol–water partition coefficient (Wildman–Crippen LogP) is 1.95. The Morgan fingerprint density at radius 1 is 1.15 bits per heavy atom. The molecule has 2 unspecified atom stereocenters. The molecule has 0 spiro atoms. The zero-order valence-corrected chi connectivity index (χ0v) is 15.9. The van der Waals surface area contributed by atoms with Crippen LogP contribution in [-0.4, -0.2) is 59.0 Å². The van der Waals surface area contributed by atoms with Gasteiger partial charge in [-0.25, -0.2) is 9.97 Å². The van der Waals surface area contributed by atoms with Gasteiger partial charge in [-0.05, 0) is 38.3 Å². The van der Waals surface area contributed by atoms with Crippen molar-refractivity contribution >= 4 is 17.4 Å². The normalized spacial score (nSPS) is 23.9. The summed E-state index contributed by atoms with van der Waals surface area (Å²) in [5.74, 6) is 1.29. The summed E-state index contributed by atoms with van der Waals surface area (Å²) >= 11 is 0. The van der Waals surface area contributed by atoms with Gasteiger partial charge in [-0.1, -0.05) is 18.2 Å². The summed E-state index contributed by atoms with van der Waals surface area (Å²) in [7, 11) is 0. The van der Waals surface area contributed by atoms with E-state index in [-0.39, 0.29) is 5.91 Å². The van der Waals surface area contributed by atoms with Crippen LogP contribution in [0, 0.1) is 13.8 Å². The second kappa shape index (κ2) is 6.30. The summed E-state index contributed by atoms with van der Waals surface area (Å²) in [5, 5.41) is 0. The van der Waals surface area contributed by atoms with Crippen molar-refractivity contribution in [2.75, 3.05) is 36.0 Å². The van der Waals surface area contributed by atoms with Crippen molar-refractivity contribution in [2.24, 2.45) is 0 Å². The van der Waals surface area contributed by atoms with Gasteiger partial charge in [-0.3, -0.25) is 9.69 Å². The van der Waals surface area contributed by atoms with Gasteiger partial charge in [0.15, 0.2) is 0 Å². The third kappa shape index (κ3) is 2.70. The molecule has 6 rings (SSSR count). The minimum absolute atomic E-state index is 0.233. The molecule has 4 aliphatic rings. The first-order valence-electron chi connectivity index (χ1n) is 9.79. The van der Waals surface area contributed by atoms with Crippen molar-refractivity contribution in [1.29, 1.82) is 0 Å². The SMILES string of the molecule is Cc1ncnc(N2CC3CC(C2)N3CC(=O)N2CCc3ccccc32)c1C. The number of carbonyl (C=O) groups is 1. The standard InChI is InChI=1S/C21H25N5O/c1-14-15(2)22-13-23-21(14)24-10-17-9-18(11-24)26(17)12-20(27)25-8-7-16-5-3-4-6-19(16)25/h3-6,13,17-18H,7-12H2,1-2H3. The Kier molecular flexibility index (Phi) is 3.90. The van der Waals surface area contributed by atoms with Gasteiger partial charge in [-0.2, -0.15) is 0 Å². The number of fused-ring (bicyclic) bond motifs is 3. The van der Waals surface area contributed by atoms with E-state index in [0.717, 1.165) is 48.8 Å². The van der Waals surface area contributed by atoms with Gasteiger partial charge in [0.05, 0.1) is 6.54 Å². The summed E-state index contributed by atoms with van der Waals surface area (Å²) in [6.07, 6.45) is 3.81. The van der Waals surface area contributed by atoms with Gasteiger partial charge in [0.1, 0.15) is 12.1 Å². The highest BCUT2D eigenvalue weighted by Crippen LogP contribution is 2.35. The van der Waals surface area contributed by atoms with Gasteiger partial charge in [0, 0.05) is 48.7 Å². The van der Waals surface area contributed by atoms with E-state index >= 15 is 0 Å². The first-order valence-corrected chi connectivity index (χ1v) is 9.79. The number of benzene rings is 1. The van der Waals surface area contributed by atoms with E-state index in [1.54, 1.807) is 6.33 Å². The van der Waals surface area contributed by atoms with Gasteiger partial charge in [0.25, 0.3) is 0 Å². The van der Waals surface area contributed by atoms with Crippen LogP contribution >= 0.6 is 0 Å². The Morgan fingerprint density at radius 3 is 2.74 bits per heavy atom. The molecule has 4 aliphatic heterocycles. The molecule has 3 saturated heterocycles. The molecular formula is C21H25N5O. The smallest absolute Gasteiger partial charge is 0.241 e. The molecule has 1 aromatic carbocycles. The third-order valence-corrected chi connectivity index (χ3v) is 6.46. The molecule has 0 N–H and O–H groups in total. The number of carbonyl (C=O) groups excluding carboxylic acids is 1. The second-order valence-corrected chi connectivity index (χ2v) is 7.95. The maximum Gasteiger partial charge on any atom is 0.241 e. The van der Waals surface area contributed by atoms with Crippen LogP contribution in [0.15, 0.2) is 30.6 Å². The average Bonchev–Trinajstić information content (AvgIpc) is 3.12. The van der Waals surface area contributed by atoms with Crippen molar-refractivity contribution in [2.45, 2.75) is 38.8 Å². The van der Waals surface area contributed by atoms with Crippen LogP contribution in [0.1, 0.15) is 23.2 Å². The Bertz CT molecular complexity index is 886. The number of aryl methyl sites for hydroxylation is 1. The van der Waals surface area contributed by atoms with E-state index in [9.17, 15) is 4.79 Å². The van der Waals surface area contributed by atoms with Crippen LogP contribution in [0.4, 0.5) is 11.5 Å². The molecule has 0 aliphatic carbocycles. The highest BCUT2D eigenvalue weighted by atomic mass is 16.2. The number of piperazine rings is 1. The monoisotopic (exact) mass is 363 g/mol. The van der Waals surface area contributed by atoms with Crippen LogP contribution < -0.4 is 9.80 Å². The van der Waals surface area contributed by atoms with Crippen LogP contribution in [0.3, 0.4) is 0 Å². The predicted molar refractivity (Wildman–Crippen MR) is 105 cm³/mol. The number of nitrogens with zero attached hydrogens (tertiary/aromatic N) is 5. The molecular weight excluding hydrogens is 338 g/mol. The van der Waals surface area contributed by atoms with Gasteiger partial charge in [0.2, 0.25) is 5.91 Å². The van der Waals surface area contributed by atoms with E-state index in [0.29, 0.717) is 18.6 Å². The molecule has 6 heteroatoms. The zero-order valence-electron chi connectivity index (χ0n) is 15.9. The molecule has 0 saturated carbocycles. The van der Waals surface area contributed by atoms with Gasteiger partial charge in [-0.15, -0.1) is 0 Å². The maximum atomic E-state index is 12.9. The lowest BCUT2D eigenvalue weighted by Gasteiger charge is -2.56. The van der Waals surface area contributed by atoms with Crippen molar-refractivity contribution in [1.82, 2.24) is 14.9 Å². The van der Waals surface area contributed by atoms with E-state index < -0.39 is 0 Å². The molecule has 27 heavy (non-hydrogen) atoms. The van der Waals surface area contributed by atoms with Crippen molar-refractivity contribution < 1.29 is 4.79 Å². The molecule has 1 amide bonds. The quantitative estimate of drug-likeness (QED) is 0.834. The summed E-state index contributed by atoms with van der Waals surface area (Å²) in [4.78, 5) is 28.5. The lowest BCUT2D eigenvalue weighted by Crippen LogP contribution is -2.70. The Labute approximate surface area is 159 Å². The second-order valence-electron chi connectivity index (χ2n) is 7.95. The number of hydrogen-bond acceptors (Lipinski definition) is 5. The fraction of sp³-hybridized carbons (Fsp3) is 0.476. The van der Waals surface area contributed by atoms with E-state index in [4.69, 9.17) is 0 Å². The summed E-state index contributed by atoms with van der Waals surface area (Å²) in [6, 6.07) is 9.16. The lowest BCUT2D eigenvalue weighted by atomic mass is 9.87. The number of rotatable bonds is 3.